The van der Waals surface area contributed by atoms with Crippen molar-refractivity contribution in [3.05, 3.63) is 11.5 Å². The van der Waals surface area contributed by atoms with Crippen LogP contribution in [0.1, 0.15) is 18.4 Å². The molecular weight excluding hydrogens is 198 g/mol. The first kappa shape index (κ1) is 11.5. The topological polar surface area (TPSA) is 87.4 Å². The van der Waals surface area contributed by atoms with Gasteiger partial charge in [0.15, 0.2) is 0 Å². The number of aromatic nitrogens is 1. The number of urea groups is 1. The highest BCUT2D eigenvalue weighted by Gasteiger charge is 2.10. The molecule has 0 aliphatic rings. The Morgan fingerprint density at radius 3 is 2.73 bits per heavy atom. The van der Waals surface area contributed by atoms with E-state index in [4.69, 9.17) is 9.52 Å². The van der Waals surface area contributed by atoms with Gasteiger partial charge in [-0.1, -0.05) is 0 Å². The van der Waals surface area contributed by atoms with E-state index in [-0.39, 0.29) is 18.7 Å². The molecule has 15 heavy (non-hydrogen) atoms. The molecule has 0 bridgehead atoms. The molecule has 6 heteroatoms. The molecule has 0 spiro atoms. The Bertz CT molecular complexity index is 329. The number of nitrogens with one attached hydrogen (secondary N) is 2. The van der Waals surface area contributed by atoms with Crippen LogP contribution in [0.25, 0.3) is 0 Å². The number of oxazole rings is 1. The lowest BCUT2D eigenvalue weighted by Gasteiger charge is -2.09. The zero-order valence-electron chi connectivity index (χ0n) is 9.00. The first-order chi connectivity index (χ1) is 7.02. The predicted octanol–water partition coefficient (Wildman–Crippen LogP) is 0.794. The van der Waals surface area contributed by atoms with Crippen molar-refractivity contribution in [2.45, 2.75) is 26.8 Å². The molecule has 0 saturated carbocycles. The van der Waals surface area contributed by atoms with Gasteiger partial charge in [-0.2, -0.15) is 4.98 Å². The SMILES string of the molecule is Cc1nc(NC(=O)NC(C)CO)oc1C. The van der Waals surface area contributed by atoms with Crippen molar-refractivity contribution >= 4 is 12.0 Å². The number of aliphatic hydroxyl groups excluding tert-OH is 1. The van der Waals surface area contributed by atoms with Crippen LogP contribution in [0.4, 0.5) is 10.8 Å². The van der Waals surface area contributed by atoms with E-state index < -0.39 is 6.03 Å². The molecular formula is C9H15N3O3. The molecule has 1 heterocycles. The summed E-state index contributed by atoms with van der Waals surface area (Å²) in [6.07, 6.45) is 0. The van der Waals surface area contributed by atoms with Crippen LogP contribution in [0.15, 0.2) is 4.42 Å². The zero-order valence-corrected chi connectivity index (χ0v) is 9.00. The van der Waals surface area contributed by atoms with Crippen molar-refractivity contribution in [2.75, 3.05) is 11.9 Å². The number of rotatable bonds is 3. The van der Waals surface area contributed by atoms with Gasteiger partial charge >= 0.3 is 12.0 Å². The van der Waals surface area contributed by atoms with Gasteiger partial charge in [-0.25, -0.2) is 4.79 Å². The smallest absolute Gasteiger partial charge is 0.323 e. The van der Waals surface area contributed by atoms with E-state index in [9.17, 15) is 4.79 Å². The fourth-order valence-electron chi connectivity index (χ4n) is 0.929. The minimum atomic E-state index is -0.446. The van der Waals surface area contributed by atoms with Crippen LogP contribution in [0.5, 0.6) is 0 Å². The quantitative estimate of drug-likeness (QED) is 0.692. The molecule has 1 unspecified atom stereocenters. The zero-order chi connectivity index (χ0) is 11.4. The Balaban J connectivity index is 2.51. The van der Waals surface area contributed by atoms with Crippen LogP contribution in [-0.4, -0.2) is 28.8 Å². The van der Waals surface area contributed by atoms with Gasteiger partial charge in [-0.05, 0) is 20.8 Å². The van der Waals surface area contributed by atoms with Gasteiger partial charge in [-0.15, -0.1) is 0 Å². The summed E-state index contributed by atoms with van der Waals surface area (Å²) < 4.78 is 5.15. The summed E-state index contributed by atoms with van der Waals surface area (Å²) in [5.74, 6) is 0.667. The third-order valence-electron chi connectivity index (χ3n) is 1.90. The summed E-state index contributed by atoms with van der Waals surface area (Å²) in [6.45, 7) is 5.13. The maximum atomic E-state index is 11.3. The summed E-state index contributed by atoms with van der Waals surface area (Å²) >= 11 is 0. The number of carbonyl (C=O) groups is 1. The molecule has 1 atom stereocenters. The van der Waals surface area contributed by atoms with Gasteiger partial charge in [-0.3, -0.25) is 5.32 Å². The highest BCUT2D eigenvalue weighted by atomic mass is 16.4. The lowest BCUT2D eigenvalue weighted by molar-refractivity contribution is 0.229. The van der Waals surface area contributed by atoms with Gasteiger partial charge in [0.05, 0.1) is 18.3 Å². The van der Waals surface area contributed by atoms with Gasteiger partial charge in [0.2, 0.25) is 0 Å². The number of hydrogen-bond acceptors (Lipinski definition) is 4. The van der Waals surface area contributed by atoms with Gasteiger partial charge in [0.25, 0.3) is 0 Å². The molecule has 0 fully saturated rings. The van der Waals surface area contributed by atoms with E-state index in [1.165, 1.54) is 0 Å². The number of anilines is 1. The molecule has 2 amide bonds. The number of nitrogens with zero attached hydrogens (tertiary/aromatic N) is 1. The molecule has 1 aromatic rings. The second kappa shape index (κ2) is 4.79. The summed E-state index contributed by atoms with van der Waals surface area (Å²) in [4.78, 5) is 15.3. The van der Waals surface area contributed by atoms with Crippen LogP contribution in [0, 0.1) is 13.8 Å². The van der Waals surface area contributed by atoms with Crippen molar-refractivity contribution in [1.82, 2.24) is 10.3 Å². The third-order valence-corrected chi connectivity index (χ3v) is 1.90. The fourth-order valence-corrected chi connectivity index (χ4v) is 0.929. The number of carbonyl (C=O) groups excluding carboxylic acids is 1. The molecule has 0 saturated heterocycles. The van der Waals surface area contributed by atoms with Gasteiger partial charge < -0.3 is 14.8 Å². The third kappa shape index (κ3) is 3.25. The van der Waals surface area contributed by atoms with Crippen molar-refractivity contribution in [3.8, 4) is 0 Å². The summed E-state index contributed by atoms with van der Waals surface area (Å²) in [5.41, 5.74) is 0.737. The van der Waals surface area contributed by atoms with E-state index in [1.54, 1.807) is 20.8 Å². The van der Waals surface area contributed by atoms with E-state index in [0.717, 1.165) is 5.69 Å². The Kier molecular flexibility index (Phi) is 3.68. The van der Waals surface area contributed by atoms with Crippen LogP contribution in [-0.2, 0) is 0 Å². The fraction of sp³-hybridized carbons (Fsp3) is 0.556. The minimum Gasteiger partial charge on any atom is -0.428 e. The molecule has 0 aliphatic carbocycles. The summed E-state index contributed by atoms with van der Waals surface area (Å²) in [7, 11) is 0. The number of hydrogen-bond donors (Lipinski definition) is 3. The van der Waals surface area contributed by atoms with Gasteiger partial charge in [0.1, 0.15) is 5.76 Å². The number of aliphatic hydroxyl groups is 1. The molecule has 0 radical (unpaired) electrons. The van der Waals surface area contributed by atoms with Crippen LogP contribution < -0.4 is 10.6 Å². The van der Waals surface area contributed by atoms with Crippen molar-refractivity contribution in [2.24, 2.45) is 0 Å². The van der Waals surface area contributed by atoms with Crippen molar-refractivity contribution in [3.63, 3.8) is 0 Å². The second-order valence-corrected chi connectivity index (χ2v) is 3.34. The molecule has 0 aliphatic heterocycles. The molecule has 1 rings (SSSR count). The predicted molar refractivity (Wildman–Crippen MR) is 54.7 cm³/mol. The van der Waals surface area contributed by atoms with E-state index in [0.29, 0.717) is 5.76 Å². The maximum Gasteiger partial charge on any atom is 0.323 e. The molecule has 1 aromatic heterocycles. The monoisotopic (exact) mass is 213 g/mol. The summed E-state index contributed by atoms with van der Waals surface area (Å²) in [6, 6.07) is -0.590. The molecule has 84 valence electrons. The minimum absolute atomic E-state index is 0.114. The highest BCUT2D eigenvalue weighted by molar-refractivity contribution is 5.87. The van der Waals surface area contributed by atoms with E-state index >= 15 is 0 Å². The lowest BCUT2D eigenvalue weighted by atomic mass is 10.4. The number of amides is 2. The van der Waals surface area contributed by atoms with Crippen LogP contribution >= 0.6 is 0 Å². The highest BCUT2D eigenvalue weighted by Crippen LogP contribution is 2.12. The Morgan fingerprint density at radius 2 is 2.27 bits per heavy atom. The summed E-state index contributed by atoms with van der Waals surface area (Å²) in [5, 5.41) is 13.7. The first-order valence-electron chi connectivity index (χ1n) is 4.65. The molecule has 0 aromatic carbocycles. The van der Waals surface area contributed by atoms with Gasteiger partial charge in [0, 0.05) is 0 Å². The second-order valence-electron chi connectivity index (χ2n) is 3.34. The van der Waals surface area contributed by atoms with Crippen molar-refractivity contribution in [1.29, 1.82) is 0 Å². The molecule has 3 N–H and O–H groups in total. The van der Waals surface area contributed by atoms with Crippen molar-refractivity contribution < 1.29 is 14.3 Å². The molecule has 6 nitrogen and oxygen atoms in total. The van der Waals surface area contributed by atoms with Crippen LogP contribution in [0.2, 0.25) is 0 Å². The Morgan fingerprint density at radius 1 is 1.60 bits per heavy atom. The Hall–Kier alpha value is -1.56. The van der Waals surface area contributed by atoms with E-state index in [2.05, 4.69) is 15.6 Å². The van der Waals surface area contributed by atoms with Crippen LogP contribution in [0.3, 0.4) is 0 Å². The average molecular weight is 213 g/mol. The maximum absolute atomic E-state index is 11.3. The number of aryl methyl sites for hydroxylation is 2. The lowest BCUT2D eigenvalue weighted by Crippen LogP contribution is -2.38. The normalized spacial score (nSPS) is 12.3. The first-order valence-corrected chi connectivity index (χ1v) is 4.65. The largest absolute Gasteiger partial charge is 0.428 e. The average Bonchev–Trinajstić information content (AvgIpc) is 2.45. The standard InChI is InChI=1S/C9H15N3O3/c1-5(4-13)10-8(14)12-9-11-6(2)7(3)15-9/h5,13H,4H2,1-3H3,(H2,10,11,12,14). The van der Waals surface area contributed by atoms with E-state index in [1.807, 2.05) is 0 Å². The Labute approximate surface area is 87.7 Å².